The van der Waals surface area contributed by atoms with Gasteiger partial charge in [0.25, 0.3) is 8.32 Å². The summed E-state index contributed by atoms with van der Waals surface area (Å²) < 4.78 is 7.37. The fourth-order valence-corrected chi connectivity index (χ4v) is 10.2. The quantitative estimate of drug-likeness (QED) is 0.168. The molecule has 2 N–H and O–H groups in total. The lowest BCUT2D eigenvalue weighted by atomic mass is 10.0. The van der Waals surface area contributed by atoms with E-state index in [0.29, 0.717) is 6.54 Å². The first-order chi connectivity index (χ1) is 17.0. The largest absolute Gasteiger partial charge is 0.404 e. The molecule has 1 atom stereocenters. The minimum absolute atomic E-state index is 0.0136. The van der Waals surface area contributed by atoms with Crippen LogP contribution < -0.4 is 16.1 Å². The molecule has 0 aromatic heterocycles. The molecule has 0 amide bonds. The van der Waals surface area contributed by atoms with E-state index < -0.39 is 8.32 Å². The van der Waals surface area contributed by atoms with Crippen LogP contribution in [-0.4, -0.2) is 21.0 Å². The highest BCUT2D eigenvalue weighted by atomic mass is 28.4. The minimum atomic E-state index is -2.51. The van der Waals surface area contributed by atoms with E-state index >= 15 is 0 Å². The highest BCUT2D eigenvalue weighted by molar-refractivity contribution is 6.99. The number of nitrogens with two attached hydrogens (primary N) is 1. The van der Waals surface area contributed by atoms with Gasteiger partial charge in [0.15, 0.2) is 0 Å². The van der Waals surface area contributed by atoms with Crippen LogP contribution >= 0.6 is 0 Å². The van der Waals surface area contributed by atoms with Crippen molar-refractivity contribution in [2.45, 2.75) is 122 Å². The molecule has 1 unspecified atom stereocenters. The SMILES string of the molecule is CCCCCCCCCCCCCC(CCN)O[Si](c1ccccc1)(c1ccccc1)C(C)(C)C. The third kappa shape index (κ3) is 9.52. The fraction of sp³-hybridized carbons (Fsp3) is 0.625. The summed E-state index contributed by atoms with van der Waals surface area (Å²) in [6, 6.07) is 22.0. The summed E-state index contributed by atoms with van der Waals surface area (Å²) in [6.45, 7) is 10.1. The van der Waals surface area contributed by atoms with E-state index in [4.69, 9.17) is 10.2 Å². The Morgan fingerprint density at radius 2 is 1.09 bits per heavy atom. The highest BCUT2D eigenvalue weighted by Gasteiger charge is 2.51. The van der Waals surface area contributed by atoms with E-state index in [0.717, 1.165) is 12.8 Å². The van der Waals surface area contributed by atoms with Crippen LogP contribution in [0.15, 0.2) is 60.7 Å². The number of rotatable bonds is 18. The van der Waals surface area contributed by atoms with Crippen molar-refractivity contribution < 1.29 is 4.43 Å². The predicted octanol–water partition coefficient (Wildman–Crippen LogP) is 7.98. The van der Waals surface area contributed by atoms with Crippen LogP contribution in [0.5, 0.6) is 0 Å². The van der Waals surface area contributed by atoms with Gasteiger partial charge in [-0.05, 0) is 34.8 Å². The van der Waals surface area contributed by atoms with Crippen LogP contribution in [0.4, 0.5) is 0 Å². The van der Waals surface area contributed by atoms with Crippen molar-refractivity contribution in [2.75, 3.05) is 6.54 Å². The van der Waals surface area contributed by atoms with Crippen LogP contribution in [0.1, 0.15) is 111 Å². The van der Waals surface area contributed by atoms with Crippen LogP contribution in [-0.2, 0) is 4.43 Å². The smallest absolute Gasteiger partial charge is 0.261 e. The molecule has 2 aromatic carbocycles. The molecule has 196 valence electrons. The molecular formula is C32H53NOSi. The zero-order chi connectivity index (χ0) is 25.4. The van der Waals surface area contributed by atoms with Gasteiger partial charge in [0, 0.05) is 6.10 Å². The molecule has 0 aliphatic rings. The third-order valence-electron chi connectivity index (χ3n) is 7.38. The fourth-order valence-electron chi connectivity index (χ4n) is 5.43. The average Bonchev–Trinajstić information content (AvgIpc) is 2.86. The topological polar surface area (TPSA) is 35.2 Å². The summed E-state index contributed by atoms with van der Waals surface area (Å²) in [5.41, 5.74) is 6.10. The molecule has 0 bridgehead atoms. The van der Waals surface area contributed by atoms with Crippen molar-refractivity contribution in [2.24, 2.45) is 5.73 Å². The summed E-state index contributed by atoms with van der Waals surface area (Å²) >= 11 is 0. The van der Waals surface area contributed by atoms with Gasteiger partial charge in [0.2, 0.25) is 0 Å². The third-order valence-corrected chi connectivity index (χ3v) is 12.5. The standard InChI is InChI=1S/C32H53NOSi/c1-5-6-7-8-9-10-11-12-13-14-17-22-29(27-28-33)34-35(32(2,3)4,30-23-18-15-19-24-30)31-25-20-16-21-26-31/h15-16,18-21,23-26,29H,5-14,17,22,27-28,33H2,1-4H3. The summed E-state index contributed by atoms with van der Waals surface area (Å²) in [7, 11) is -2.51. The van der Waals surface area contributed by atoms with Gasteiger partial charge < -0.3 is 10.2 Å². The first-order valence-electron chi connectivity index (χ1n) is 14.4. The maximum Gasteiger partial charge on any atom is 0.261 e. The summed E-state index contributed by atoms with van der Waals surface area (Å²) in [5.74, 6) is 0. The number of benzene rings is 2. The zero-order valence-corrected chi connectivity index (χ0v) is 24.2. The van der Waals surface area contributed by atoms with Crippen molar-refractivity contribution in [3.8, 4) is 0 Å². The highest BCUT2D eigenvalue weighted by Crippen LogP contribution is 2.38. The Labute approximate surface area is 218 Å². The second-order valence-corrected chi connectivity index (χ2v) is 15.6. The van der Waals surface area contributed by atoms with Gasteiger partial charge in [-0.3, -0.25) is 0 Å². The Morgan fingerprint density at radius 1 is 0.657 bits per heavy atom. The van der Waals surface area contributed by atoms with Crippen LogP contribution in [0.25, 0.3) is 0 Å². The van der Waals surface area contributed by atoms with Crippen molar-refractivity contribution in [3.05, 3.63) is 60.7 Å². The first-order valence-corrected chi connectivity index (χ1v) is 16.4. The number of hydrogen-bond acceptors (Lipinski definition) is 2. The molecule has 0 saturated carbocycles. The Morgan fingerprint density at radius 3 is 1.49 bits per heavy atom. The molecular weight excluding hydrogens is 442 g/mol. The molecule has 2 nitrogen and oxygen atoms in total. The van der Waals surface area contributed by atoms with Crippen LogP contribution in [0, 0.1) is 0 Å². The Bertz CT molecular complexity index is 732. The summed E-state index contributed by atoms with van der Waals surface area (Å²) in [5, 5.41) is 2.74. The van der Waals surface area contributed by atoms with E-state index in [9.17, 15) is 0 Å². The van der Waals surface area contributed by atoms with Crippen molar-refractivity contribution in [1.82, 2.24) is 0 Å². The zero-order valence-electron chi connectivity index (χ0n) is 23.2. The first kappa shape index (κ1) is 29.8. The van der Waals surface area contributed by atoms with Crippen LogP contribution in [0.3, 0.4) is 0 Å². The predicted molar refractivity (Wildman–Crippen MR) is 157 cm³/mol. The normalized spacial score (nSPS) is 13.2. The van der Waals surface area contributed by atoms with Gasteiger partial charge in [-0.15, -0.1) is 0 Å². The maximum absolute atomic E-state index is 7.37. The molecule has 3 heteroatoms. The number of hydrogen-bond donors (Lipinski definition) is 1. The monoisotopic (exact) mass is 495 g/mol. The summed E-state index contributed by atoms with van der Waals surface area (Å²) in [6.07, 6.45) is 17.3. The second-order valence-electron chi connectivity index (χ2n) is 11.3. The van der Waals surface area contributed by atoms with E-state index in [-0.39, 0.29) is 11.1 Å². The van der Waals surface area contributed by atoms with Gasteiger partial charge in [0.1, 0.15) is 0 Å². The Hall–Kier alpha value is -1.42. The molecule has 0 radical (unpaired) electrons. The van der Waals surface area contributed by atoms with Gasteiger partial charge in [-0.1, -0.05) is 159 Å². The van der Waals surface area contributed by atoms with Crippen molar-refractivity contribution in [1.29, 1.82) is 0 Å². The van der Waals surface area contributed by atoms with Gasteiger partial charge in [-0.25, -0.2) is 0 Å². The van der Waals surface area contributed by atoms with Gasteiger partial charge in [-0.2, -0.15) is 0 Å². The molecule has 0 spiro atoms. The van der Waals surface area contributed by atoms with E-state index in [2.05, 4.69) is 88.4 Å². The van der Waals surface area contributed by atoms with E-state index in [1.807, 2.05) is 0 Å². The lowest BCUT2D eigenvalue weighted by Gasteiger charge is -2.45. The molecule has 0 fully saturated rings. The molecule has 0 heterocycles. The molecule has 0 saturated heterocycles. The molecule has 0 aliphatic carbocycles. The second kappa shape index (κ2) is 16.3. The number of unbranched alkanes of at least 4 members (excludes halogenated alkanes) is 10. The Kier molecular flexibility index (Phi) is 13.9. The van der Waals surface area contributed by atoms with Gasteiger partial charge in [0.05, 0.1) is 0 Å². The molecule has 2 rings (SSSR count). The van der Waals surface area contributed by atoms with E-state index in [1.165, 1.54) is 81.0 Å². The van der Waals surface area contributed by atoms with Crippen molar-refractivity contribution in [3.63, 3.8) is 0 Å². The summed E-state index contributed by atoms with van der Waals surface area (Å²) in [4.78, 5) is 0. The van der Waals surface area contributed by atoms with E-state index in [1.54, 1.807) is 0 Å². The minimum Gasteiger partial charge on any atom is -0.404 e. The lowest BCUT2D eigenvalue weighted by molar-refractivity contribution is 0.166. The Balaban J connectivity index is 2.00. The van der Waals surface area contributed by atoms with Crippen LogP contribution in [0.2, 0.25) is 5.04 Å². The maximum atomic E-state index is 7.37. The van der Waals surface area contributed by atoms with Gasteiger partial charge >= 0.3 is 0 Å². The molecule has 2 aromatic rings. The molecule has 0 aliphatic heterocycles. The van der Waals surface area contributed by atoms with Crippen molar-refractivity contribution >= 4 is 18.7 Å². The lowest BCUT2D eigenvalue weighted by Crippen LogP contribution is -2.67. The average molecular weight is 496 g/mol. The molecule has 35 heavy (non-hydrogen) atoms.